The predicted molar refractivity (Wildman–Crippen MR) is 135 cm³/mol. The molecule has 0 saturated heterocycles. The fraction of sp³-hybridized carbons (Fsp3) is 0.154. The van der Waals surface area contributed by atoms with Gasteiger partial charge in [-0.05, 0) is 36.8 Å². The van der Waals surface area contributed by atoms with Crippen LogP contribution >= 0.6 is 11.8 Å². The first-order chi connectivity index (χ1) is 16.5. The molecule has 2 heterocycles. The van der Waals surface area contributed by atoms with Gasteiger partial charge in [-0.3, -0.25) is 9.59 Å². The number of aliphatic imine (C=N–C) groups is 2. The van der Waals surface area contributed by atoms with Crippen molar-refractivity contribution >= 4 is 46.0 Å². The maximum absolute atomic E-state index is 13.5. The molecule has 1 N–H and O–H groups in total. The van der Waals surface area contributed by atoms with E-state index in [1.54, 1.807) is 31.1 Å². The molecule has 5 rings (SSSR count). The fourth-order valence-electron chi connectivity index (χ4n) is 3.84. The number of anilines is 1. The number of carbonyl (C=O) groups is 2. The molecule has 0 aromatic heterocycles. The number of benzene rings is 3. The van der Waals surface area contributed by atoms with E-state index < -0.39 is 11.3 Å². The number of para-hydroxylation sites is 1. The summed E-state index contributed by atoms with van der Waals surface area (Å²) in [6.07, 6.45) is 0. The third-order valence-electron chi connectivity index (χ3n) is 5.57. The van der Waals surface area contributed by atoms with Crippen LogP contribution in [0.2, 0.25) is 0 Å². The Morgan fingerprint density at radius 3 is 2.62 bits per heavy atom. The summed E-state index contributed by atoms with van der Waals surface area (Å²) in [7, 11) is 1.58. The quantitative estimate of drug-likeness (QED) is 0.581. The largest absolute Gasteiger partial charge is 0.497 e. The predicted octanol–water partition coefficient (Wildman–Crippen LogP) is 4.79. The number of rotatable bonds is 5. The second-order valence-corrected chi connectivity index (χ2v) is 9.14. The van der Waals surface area contributed by atoms with Crippen LogP contribution in [0.1, 0.15) is 24.1 Å². The highest BCUT2D eigenvalue weighted by Gasteiger charge is 2.42. The van der Waals surface area contributed by atoms with Crippen molar-refractivity contribution in [3.05, 3.63) is 90.0 Å². The molecule has 0 bridgehead atoms. The van der Waals surface area contributed by atoms with E-state index in [-0.39, 0.29) is 11.8 Å². The van der Waals surface area contributed by atoms with E-state index in [4.69, 9.17) is 14.7 Å². The van der Waals surface area contributed by atoms with Gasteiger partial charge in [-0.2, -0.15) is 0 Å². The first kappa shape index (κ1) is 21.9. The van der Waals surface area contributed by atoms with Crippen LogP contribution < -0.4 is 10.1 Å². The zero-order valence-corrected chi connectivity index (χ0v) is 19.5. The summed E-state index contributed by atoms with van der Waals surface area (Å²) in [4.78, 5) is 37.5. The highest BCUT2D eigenvalue weighted by molar-refractivity contribution is 8.15. The van der Waals surface area contributed by atoms with E-state index in [9.17, 15) is 9.59 Å². The van der Waals surface area contributed by atoms with E-state index in [2.05, 4.69) is 5.32 Å². The second kappa shape index (κ2) is 9.15. The van der Waals surface area contributed by atoms with Crippen molar-refractivity contribution in [1.82, 2.24) is 4.90 Å². The smallest absolute Gasteiger partial charge is 0.263 e. The number of fused-ring (bicyclic) bond motifs is 3. The van der Waals surface area contributed by atoms with Gasteiger partial charge in [0.15, 0.2) is 11.2 Å². The maximum Gasteiger partial charge on any atom is 0.263 e. The molecule has 0 spiro atoms. The van der Waals surface area contributed by atoms with Crippen molar-refractivity contribution in [2.24, 2.45) is 9.98 Å². The minimum Gasteiger partial charge on any atom is -0.497 e. The van der Waals surface area contributed by atoms with Crippen LogP contribution in [0, 0.1) is 0 Å². The lowest BCUT2D eigenvalue weighted by molar-refractivity contribution is -0.124. The number of nitrogens with zero attached hydrogens (tertiary/aromatic N) is 3. The number of methoxy groups -OCH3 is 1. The first-order valence-electron chi connectivity index (χ1n) is 10.8. The highest BCUT2D eigenvalue weighted by Crippen LogP contribution is 2.38. The molecule has 7 nitrogen and oxygen atoms in total. The number of ether oxygens (including phenoxy) is 1. The first-order valence-corrected chi connectivity index (χ1v) is 11.7. The molecular formula is C26H22N4O3S. The van der Waals surface area contributed by atoms with Crippen molar-refractivity contribution < 1.29 is 14.3 Å². The minimum absolute atomic E-state index is 0.178. The maximum atomic E-state index is 13.5. The normalized spacial score (nSPS) is 17.3. The van der Waals surface area contributed by atoms with Gasteiger partial charge in [-0.15, -0.1) is 0 Å². The van der Waals surface area contributed by atoms with E-state index in [1.807, 2.05) is 66.7 Å². The Bertz CT molecular complexity index is 1320. The van der Waals surface area contributed by atoms with Gasteiger partial charge in [0.2, 0.25) is 5.91 Å². The number of carbonyl (C=O) groups excluding carboxylic acids is 2. The highest BCUT2D eigenvalue weighted by atomic mass is 32.2. The van der Waals surface area contributed by atoms with E-state index in [0.29, 0.717) is 22.4 Å². The lowest BCUT2D eigenvalue weighted by atomic mass is 10.1. The molecule has 0 radical (unpaired) electrons. The Kier molecular flexibility index (Phi) is 5.90. The Morgan fingerprint density at radius 2 is 1.82 bits per heavy atom. The van der Waals surface area contributed by atoms with Crippen LogP contribution in [0.15, 0.2) is 88.8 Å². The Morgan fingerprint density at radius 1 is 1.06 bits per heavy atom. The molecule has 3 aromatic carbocycles. The zero-order valence-electron chi connectivity index (χ0n) is 18.6. The van der Waals surface area contributed by atoms with Crippen LogP contribution in [0.5, 0.6) is 5.75 Å². The summed E-state index contributed by atoms with van der Waals surface area (Å²) >= 11 is 1.23. The summed E-state index contributed by atoms with van der Waals surface area (Å²) in [5.74, 6) is 0.834. The number of hydrogen-bond donors (Lipinski definition) is 1. The van der Waals surface area contributed by atoms with Crippen LogP contribution in [-0.2, 0) is 9.59 Å². The van der Waals surface area contributed by atoms with Crippen molar-refractivity contribution in [2.45, 2.75) is 18.2 Å². The lowest BCUT2D eigenvalue weighted by Gasteiger charge is -2.26. The van der Waals surface area contributed by atoms with Gasteiger partial charge in [-0.1, -0.05) is 60.3 Å². The molecule has 2 atom stereocenters. The molecule has 2 aliphatic heterocycles. The number of amidine groups is 2. The summed E-state index contributed by atoms with van der Waals surface area (Å²) < 4.78 is 5.22. The standard InChI is InChI=1S/C26H22N4O3S/c1-16(24(31)27-18-11-8-12-19(15-18)33-2)34-26-28-21-14-7-6-13-20(21)23-29-22(25(32)30(23)26)17-9-4-3-5-10-17/h3-16,22H,1-2H3,(H,27,31)/t16-,22+/m1/s1. The topological polar surface area (TPSA) is 83.4 Å². The molecule has 0 saturated carbocycles. The Balaban J connectivity index is 1.42. The van der Waals surface area contributed by atoms with Crippen LogP contribution in [0.3, 0.4) is 0 Å². The summed E-state index contributed by atoms with van der Waals surface area (Å²) in [6, 6.07) is 23.6. The average molecular weight is 471 g/mol. The van der Waals surface area contributed by atoms with Gasteiger partial charge in [0.1, 0.15) is 11.6 Å². The van der Waals surface area contributed by atoms with Crippen molar-refractivity contribution in [3.8, 4) is 5.75 Å². The molecule has 2 amide bonds. The molecule has 0 aliphatic carbocycles. The monoisotopic (exact) mass is 470 g/mol. The van der Waals surface area contributed by atoms with Crippen LogP contribution in [0.25, 0.3) is 0 Å². The summed E-state index contributed by atoms with van der Waals surface area (Å²) in [6.45, 7) is 1.79. The van der Waals surface area contributed by atoms with Crippen LogP contribution in [0.4, 0.5) is 11.4 Å². The molecule has 34 heavy (non-hydrogen) atoms. The van der Waals surface area contributed by atoms with Gasteiger partial charge in [0.05, 0.1) is 18.0 Å². The van der Waals surface area contributed by atoms with Gasteiger partial charge >= 0.3 is 0 Å². The zero-order chi connectivity index (χ0) is 23.7. The second-order valence-electron chi connectivity index (χ2n) is 7.83. The third kappa shape index (κ3) is 4.08. The molecule has 170 valence electrons. The fourth-order valence-corrected chi connectivity index (χ4v) is 4.75. The molecule has 8 heteroatoms. The molecule has 2 aliphatic rings. The summed E-state index contributed by atoms with van der Waals surface area (Å²) in [5.41, 5.74) is 2.98. The number of amides is 2. The van der Waals surface area contributed by atoms with Crippen LogP contribution in [-0.4, -0.2) is 40.1 Å². The molecular weight excluding hydrogens is 448 g/mol. The Hall–Kier alpha value is -3.91. The van der Waals surface area contributed by atoms with Crippen molar-refractivity contribution in [1.29, 1.82) is 0 Å². The van der Waals surface area contributed by atoms with E-state index in [1.165, 1.54) is 11.8 Å². The van der Waals surface area contributed by atoms with E-state index >= 15 is 0 Å². The SMILES string of the molecule is COc1cccc(NC(=O)[C@@H](C)SC2=Nc3ccccc3C3=N[C@@H](c4ccccc4)C(=O)N23)c1. The number of thioether (sulfide) groups is 1. The molecule has 3 aromatic rings. The van der Waals surface area contributed by atoms with Crippen molar-refractivity contribution in [2.75, 3.05) is 12.4 Å². The van der Waals surface area contributed by atoms with Gasteiger partial charge in [-0.25, -0.2) is 14.9 Å². The van der Waals surface area contributed by atoms with Gasteiger partial charge < -0.3 is 10.1 Å². The van der Waals surface area contributed by atoms with Gasteiger partial charge in [0, 0.05) is 17.3 Å². The average Bonchev–Trinajstić information content (AvgIpc) is 3.22. The van der Waals surface area contributed by atoms with E-state index in [0.717, 1.165) is 16.8 Å². The Labute approximate surface area is 201 Å². The molecule has 0 unspecified atom stereocenters. The number of hydrogen-bond acceptors (Lipinski definition) is 6. The lowest BCUT2D eigenvalue weighted by Crippen LogP contribution is -2.41. The summed E-state index contributed by atoms with van der Waals surface area (Å²) in [5, 5.41) is 2.83. The van der Waals surface area contributed by atoms with Gasteiger partial charge in [0.25, 0.3) is 5.91 Å². The third-order valence-corrected chi connectivity index (χ3v) is 6.63. The van der Waals surface area contributed by atoms with Crippen molar-refractivity contribution in [3.63, 3.8) is 0 Å². The minimum atomic E-state index is -0.644. The number of nitrogens with one attached hydrogen (secondary N) is 1. The molecule has 0 fully saturated rings.